The Morgan fingerprint density at radius 2 is 2.44 bits per heavy atom. The molecule has 3 N–H and O–H groups in total. The summed E-state index contributed by atoms with van der Waals surface area (Å²) in [5.74, 6) is 1.84. The van der Waals surface area contributed by atoms with Gasteiger partial charge in [0.25, 0.3) is 0 Å². The number of hydrogen-bond donors (Lipinski definition) is 2. The van der Waals surface area contributed by atoms with Crippen molar-refractivity contribution in [2.24, 2.45) is 11.8 Å². The molecule has 0 aliphatic heterocycles. The first-order chi connectivity index (χ1) is 7.74. The van der Waals surface area contributed by atoms with Crippen LogP contribution >= 0.6 is 11.3 Å². The number of nitrogen functional groups attached to an aromatic ring is 1. The second kappa shape index (κ2) is 5.53. The van der Waals surface area contributed by atoms with Gasteiger partial charge in [0.1, 0.15) is 5.00 Å². The predicted octanol–water partition coefficient (Wildman–Crippen LogP) is 3.35. The van der Waals surface area contributed by atoms with Gasteiger partial charge in [-0.2, -0.15) is 0 Å². The molecule has 1 aliphatic rings. The third kappa shape index (κ3) is 3.37. The van der Waals surface area contributed by atoms with E-state index in [0.29, 0.717) is 0 Å². The van der Waals surface area contributed by atoms with Crippen LogP contribution in [0.2, 0.25) is 0 Å². The number of hydrogen-bond acceptors (Lipinski definition) is 4. The van der Waals surface area contributed by atoms with Gasteiger partial charge in [-0.05, 0) is 24.7 Å². The fourth-order valence-electron chi connectivity index (χ4n) is 2.57. The van der Waals surface area contributed by atoms with Gasteiger partial charge in [-0.15, -0.1) is 0 Å². The van der Waals surface area contributed by atoms with E-state index in [0.717, 1.165) is 28.5 Å². The van der Waals surface area contributed by atoms with Gasteiger partial charge in [0, 0.05) is 6.54 Å². The van der Waals surface area contributed by atoms with E-state index in [1.54, 1.807) is 6.20 Å². The Balaban J connectivity index is 1.67. The van der Waals surface area contributed by atoms with Crippen molar-refractivity contribution in [2.75, 3.05) is 17.6 Å². The first-order valence-corrected chi connectivity index (χ1v) is 7.01. The van der Waals surface area contributed by atoms with Crippen molar-refractivity contribution in [1.82, 2.24) is 4.98 Å². The largest absolute Gasteiger partial charge is 0.389 e. The summed E-state index contributed by atoms with van der Waals surface area (Å²) in [5.41, 5.74) is 5.63. The molecule has 1 saturated carbocycles. The van der Waals surface area contributed by atoms with Crippen LogP contribution in [-0.4, -0.2) is 11.5 Å². The third-order valence-corrected chi connectivity index (χ3v) is 4.18. The maximum absolute atomic E-state index is 5.63. The lowest BCUT2D eigenvalue weighted by molar-refractivity contribution is 0.274. The third-order valence-electron chi connectivity index (χ3n) is 3.40. The zero-order valence-corrected chi connectivity index (χ0v) is 10.7. The maximum Gasteiger partial charge on any atom is 0.184 e. The van der Waals surface area contributed by atoms with Crippen LogP contribution in [0.1, 0.15) is 39.0 Å². The number of rotatable bonds is 4. The van der Waals surface area contributed by atoms with E-state index in [2.05, 4.69) is 17.2 Å². The molecule has 2 rings (SSSR count). The molecule has 1 fully saturated rings. The SMILES string of the molecule is CC1CCCC(CCNc2ncc(N)s2)C1. The molecule has 0 radical (unpaired) electrons. The molecule has 1 aromatic heterocycles. The van der Waals surface area contributed by atoms with Crippen molar-refractivity contribution >= 4 is 21.5 Å². The van der Waals surface area contributed by atoms with Crippen LogP contribution in [0.5, 0.6) is 0 Å². The van der Waals surface area contributed by atoms with Crippen molar-refractivity contribution in [2.45, 2.75) is 39.0 Å². The van der Waals surface area contributed by atoms with Crippen LogP contribution in [0.3, 0.4) is 0 Å². The van der Waals surface area contributed by atoms with Crippen molar-refractivity contribution < 1.29 is 0 Å². The van der Waals surface area contributed by atoms with Crippen molar-refractivity contribution in [3.8, 4) is 0 Å². The van der Waals surface area contributed by atoms with Gasteiger partial charge in [0.2, 0.25) is 0 Å². The Morgan fingerprint density at radius 3 is 3.12 bits per heavy atom. The first-order valence-electron chi connectivity index (χ1n) is 6.19. The highest BCUT2D eigenvalue weighted by Crippen LogP contribution is 2.30. The highest BCUT2D eigenvalue weighted by atomic mass is 32.1. The van der Waals surface area contributed by atoms with E-state index in [1.165, 1.54) is 43.4 Å². The number of nitrogens with zero attached hydrogens (tertiary/aromatic N) is 1. The smallest absolute Gasteiger partial charge is 0.184 e. The second-order valence-electron chi connectivity index (χ2n) is 4.92. The monoisotopic (exact) mass is 239 g/mol. The molecule has 1 aliphatic carbocycles. The van der Waals surface area contributed by atoms with E-state index < -0.39 is 0 Å². The number of nitrogens with one attached hydrogen (secondary N) is 1. The molecule has 3 nitrogen and oxygen atoms in total. The van der Waals surface area contributed by atoms with Gasteiger partial charge >= 0.3 is 0 Å². The van der Waals surface area contributed by atoms with E-state index >= 15 is 0 Å². The molecular formula is C12H21N3S. The predicted molar refractivity (Wildman–Crippen MR) is 70.8 cm³/mol. The van der Waals surface area contributed by atoms with Gasteiger partial charge in [0.15, 0.2) is 5.13 Å². The van der Waals surface area contributed by atoms with Crippen LogP contribution in [0, 0.1) is 11.8 Å². The Hall–Kier alpha value is -0.770. The number of anilines is 2. The lowest BCUT2D eigenvalue weighted by atomic mass is 9.81. The molecule has 90 valence electrons. The van der Waals surface area contributed by atoms with Gasteiger partial charge in [-0.3, -0.25) is 0 Å². The summed E-state index contributed by atoms with van der Waals surface area (Å²) in [4.78, 5) is 4.20. The zero-order valence-electron chi connectivity index (χ0n) is 9.91. The van der Waals surface area contributed by atoms with Crippen LogP contribution in [-0.2, 0) is 0 Å². The van der Waals surface area contributed by atoms with Gasteiger partial charge in [-0.25, -0.2) is 4.98 Å². The molecule has 0 spiro atoms. The van der Waals surface area contributed by atoms with E-state index in [4.69, 9.17) is 5.73 Å². The number of nitrogens with two attached hydrogens (primary N) is 1. The second-order valence-corrected chi connectivity index (χ2v) is 5.98. The first kappa shape index (κ1) is 11.7. The Kier molecular flexibility index (Phi) is 4.04. The molecule has 1 aromatic rings. The number of aromatic nitrogens is 1. The summed E-state index contributed by atoms with van der Waals surface area (Å²) >= 11 is 1.53. The van der Waals surface area contributed by atoms with Crippen molar-refractivity contribution in [3.05, 3.63) is 6.20 Å². The Labute approximate surface area is 101 Å². The van der Waals surface area contributed by atoms with E-state index in [1.807, 2.05) is 0 Å². The molecule has 0 aromatic carbocycles. The summed E-state index contributed by atoms with van der Waals surface area (Å²) < 4.78 is 0. The average molecular weight is 239 g/mol. The standard InChI is InChI=1S/C12H21N3S/c1-9-3-2-4-10(7-9)5-6-14-12-15-8-11(13)16-12/h8-10H,2-7,13H2,1H3,(H,14,15). The lowest BCUT2D eigenvalue weighted by Gasteiger charge is -2.26. The van der Waals surface area contributed by atoms with Gasteiger partial charge in [-0.1, -0.05) is 37.5 Å². The molecule has 16 heavy (non-hydrogen) atoms. The molecule has 2 unspecified atom stereocenters. The Bertz CT molecular complexity index is 324. The van der Waals surface area contributed by atoms with Crippen molar-refractivity contribution in [1.29, 1.82) is 0 Å². The summed E-state index contributed by atoms with van der Waals surface area (Å²) in [6.07, 6.45) is 8.64. The minimum atomic E-state index is 0.786. The fourth-order valence-corrected chi connectivity index (χ4v) is 3.18. The molecule has 4 heteroatoms. The highest BCUT2D eigenvalue weighted by Gasteiger charge is 2.18. The molecule has 2 atom stereocenters. The summed E-state index contributed by atoms with van der Waals surface area (Å²) in [5, 5.41) is 5.10. The van der Waals surface area contributed by atoms with Crippen LogP contribution in [0.4, 0.5) is 10.1 Å². The molecule has 0 bridgehead atoms. The topological polar surface area (TPSA) is 50.9 Å². The fraction of sp³-hybridized carbons (Fsp3) is 0.750. The summed E-state index contributed by atoms with van der Waals surface area (Å²) in [7, 11) is 0. The highest BCUT2D eigenvalue weighted by molar-refractivity contribution is 7.19. The molecular weight excluding hydrogens is 218 g/mol. The minimum Gasteiger partial charge on any atom is -0.389 e. The normalized spacial score (nSPS) is 25.6. The van der Waals surface area contributed by atoms with Crippen molar-refractivity contribution in [3.63, 3.8) is 0 Å². The van der Waals surface area contributed by atoms with Crippen LogP contribution < -0.4 is 11.1 Å². The summed E-state index contributed by atoms with van der Waals surface area (Å²) in [6.45, 7) is 3.41. The van der Waals surface area contributed by atoms with Crippen LogP contribution in [0.25, 0.3) is 0 Å². The zero-order chi connectivity index (χ0) is 11.4. The van der Waals surface area contributed by atoms with E-state index in [-0.39, 0.29) is 0 Å². The van der Waals surface area contributed by atoms with Gasteiger partial charge < -0.3 is 11.1 Å². The number of thiazole rings is 1. The quantitative estimate of drug-likeness (QED) is 0.847. The molecule has 0 saturated heterocycles. The van der Waals surface area contributed by atoms with Crippen LogP contribution in [0.15, 0.2) is 6.20 Å². The molecule has 0 amide bonds. The summed E-state index contributed by atoms with van der Waals surface area (Å²) in [6, 6.07) is 0. The van der Waals surface area contributed by atoms with Gasteiger partial charge in [0.05, 0.1) is 6.20 Å². The van der Waals surface area contributed by atoms with E-state index in [9.17, 15) is 0 Å². The minimum absolute atomic E-state index is 0.786. The Morgan fingerprint density at radius 1 is 1.56 bits per heavy atom. The lowest BCUT2D eigenvalue weighted by Crippen LogP contribution is -2.16. The molecule has 1 heterocycles. The maximum atomic E-state index is 5.63. The average Bonchev–Trinajstić information content (AvgIpc) is 2.64.